The molecule has 0 radical (unpaired) electrons. The summed E-state index contributed by atoms with van der Waals surface area (Å²) in [4.78, 5) is 6.74. The number of aliphatic hydroxyl groups excluding tert-OH is 1. The number of ether oxygens (including phenoxy) is 1. The summed E-state index contributed by atoms with van der Waals surface area (Å²) in [5, 5.41) is 18.2. The van der Waals surface area contributed by atoms with Gasteiger partial charge in [0, 0.05) is 90.1 Å². The molecule has 0 saturated carbocycles. The van der Waals surface area contributed by atoms with Gasteiger partial charge < -0.3 is 19.3 Å². The van der Waals surface area contributed by atoms with Crippen molar-refractivity contribution in [2.75, 3.05) is 27.7 Å². The van der Waals surface area contributed by atoms with Crippen molar-refractivity contribution in [3.63, 3.8) is 0 Å². The predicted octanol–water partition coefficient (Wildman–Crippen LogP) is 4.32. The number of rotatable bonds is 7. The lowest BCUT2D eigenvalue weighted by molar-refractivity contribution is 0.121. The largest absolute Gasteiger partial charge is 0.497 e. The zero-order valence-corrected chi connectivity index (χ0v) is 21.8. The van der Waals surface area contributed by atoms with Crippen LogP contribution in [-0.2, 0) is 13.6 Å². The number of hydrogen-bond donors (Lipinski definition) is 1. The Balaban J connectivity index is 1.75. The fourth-order valence-electron chi connectivity index (χ4n) is 4.51. The van der Waals surface area contributed by atoms with Crippen LogP contribution in [0.3, 0.4) is 0 Å². The third-order valence-electron chi connectivity index (χ3n) is 5.90. The number of fused-ring (bicyclic) bond motifs is 4. The molecule has 33 heavy (non-hydrogen) atoms. The third kappa shape index (κ3) is 3.88. The number of halogens is 1. The first-order valence-electron chi connectivity index (χ1n) is 10.5. The first-order valence-corrected chi connectivity index (χ1v) is 13.8. The quantitative estimate of drug-likeness (QED) is 0.291. The maximum Gasteiger partial charge on any atom is 0.153 e. The molecule has 0 bridgehead atoms. The number of pyridine rings is 1. The number of methoxy groups -OCH3 is 1. The van der Waals surface area contributed by atoms with Gasteiger partial charge in [0.1, 0.15) is 5.75 Å². The van der Waals surface area contributed by atoms with E-state index in [4.69, 9.17) is 9.72 Å². The van der Waals surface area contributed by atoms with Crippen molar-refractivity contribution in [2.24, 2.45) is 7.05 Å². The van der Waals surface area contributed by atoms with E-state index in [1.54, 1.807) is 16.2 Å². The molecule has 4 aromatic heterocycles. The van der Waals surface area contributed by atoms with Crippen LogP contribution in [0.1, 0.15) is 0 Å². The summed E-state index contributed by atoms with van der Waals surface area (Å²) in [6, 6.07) is 8.27. The Kier molecular flexibility index (Phi) is 6.02. The van der Waals surface area contributed by atoms with Gasteiger partial charge >= 0.3 is 0 Å². The molecular formula is C23H25IN6O2S. The normalized spacial score (nSPS) is 13.1. The second-order valence-electron chi connectivity index (χ2n) is 8.45. The van der Waals surface area contributed by atoms with Crippen LogP contribution in [0.2, 0.25) is 0 Å². The Morgan fingerprint density at radius 1 is 1.21 bits per heavy atom. The van der Waals surface area contributed by atoms with E-state index in [0.717, 1.165) is 49.8 Å². The van der Waals surface area contributed by atoms with Crippen LogP contribution in [0.5, 0.6) is 5.75 Å². The van der Waals surface area contributed by atoms with Gasteiger partial charge in [0.2, 0.25) is 0 Å². The van der Waals surface area contributed by atoms with Crippen LogP contribution in [0.4, 0.5) is 0 Å². The van der Waals surface area contributed by atoms with Crippen molar-refractivity contribution in [3.05, 3.63) is 42.9 Å². The minimum atomic E-state index is -0.480. The molecule has 0 amide bonds. The maximum absolute atomic E-state index is 10.6. The van der Waals surface area contributed by atoms with E-state index in [0.29, 0.717) is 13.1 Å². The lowest BCUT2D eigenvalue weighted by Gasteiger charge is -2.17. The number of nitrogens with zero attached hydrogens (tertiary/aromatic N) is 6. The van der Waals surface area contributed by atoms with Crippen LogP contribution in [0.15, 0.2) is 42.9 Å². The second kappa shape index (κ2) is 8.82. The van der Waals surface area contributed by atoms with Gasteiger partial charge in [-0.15, -0.1) is 0 Å². The summed E-state index contributed by atoms with van der Waals surface area (Å²) >= 11 is 2.30. The van der Waals surface area contributed by atoms with E-state index in [1.807, 2.05) is 49.2 Å². The lowest BCUT2D eigenvalue weighted by Crippen LogP contribution is -2.29. The van der Waals surface area contributed by atoms with Crippen LogP contribution in [0.25, 0.3) is 44.1 Å². The molecule has 5 aromatic rings. The van der Waals surface area contributed by atoms with Gasteiger partial charge in [0.05, 0.1) is 30.6 Å². The van der Waals surface area contributed by atoms with E-state index >= 15 is 0 Å². The molecule has 0 fully saturated rings. The minimum absolute atomic E-state index is 0.480. The zero-order valence-electron chi connectivity index (χ0n) is 18.9. The van der Waals surface area contributed by atoms with Crippen molar-refractivity contribution in [2.45, 2.75) is 12.6 Å². The number of benzene rings is 1. The smallest absolute Gasteiger partial charge is 0.153 e. The number of aryl methyl sites for hydroxylation is 1. The van der Waals surface area contributed by atoms with Gasteiger partial charge in [-0.1, -0.05) is 0 Å². The highest BCUT2D eigenvalue weighted by atomic mass is 127. The molecule has 0 saturated heterocycles. The maximum atomic E-state index is 10.6. The first kappa shape index (κ1) is 22.5. The van der Waals surface area contributed by atoms with Gasteiger partial charge in [0.15, 0.2) is 5.65 Å². The van der Waals surface area contributed by atoms with Crippen molar-refractivity contribution >= 4 is 63.2 Å². The first-order chi connectivity index (χ1) is 15.9. The zero-order chi connectivity index (χ0) is 23.3. The van der Waals surface area contributed by atoms with Gasteiger partial charge in [0.25, 0.3) is 0 Å². The van der Waals surface area contributed by atoms with Crippen LogP contribution in [0, 0.1) is 0 Å². The Morgan fingerprint density at radius 2 is 2.03 bits per heavy atom. The molecule has 1 aromatic carbocycles. The molecule has 0 spiro atoms. The average molecular weight is 576 g/mol. The van der Waals surface area contributed by atoms with Crippen molar-refractivity contribution in [1.82, 2.24) is 28.2 Å². The van der Waals surface area contributed by atoms with Gasteiger partial charge in [-0.25, -0.2) is 4.98 Å². The molecule has 1 N–H and O–H groups in total. The molecule has 10 heteroatoms. The van der Waals surface area contributed by atoms with E-state index in [1.165, 1.54) is 0 Å². The van der Waals surface area contributed by atoms with E-state index in [2.05, 4.69) is 59.2 Å². The Morgan fingerprint density at radius 3 is 2.76 bits per heavy atom. The van der Waals surface area contributed by atoms with E-state index in [-0.39, 0.29) is 0 Å². The molecule has 172 valence electrons. The Bertz CT molecular complexity index is 1470. The van der Waals surface area contributed by atoms with Crippen molar-refractivity contribution < 1.29 is 9.84 Å². The second-order valence-corrected chi connectivity index (χ2v) is 10.1. The minimum Gasteiger partial charge on any atom is -0.497 e. The van der Waals surface area contributed by atoms with Crippen molar-refractivity contribution in [3.8, 4) is 17.0 Å². The average Bonchev–Trinajstić information content (AvgIpc) is 3.45. The molecule has 0 aliphatic carbocycles. The van der Waals surface area contributed by atoms with Crippen LogP contribution >= 0.6 is 30.3 Å². The fourth-order valence-corrected chi connectivity index (χ4v) is 6.14. The van der Waals surface area contributed by atoms with Crippen LogP contribution < -0.4 is 4.74 Å². The lowest BCUT2D eigenvalue weighted by atomic mass is 10.1. The van der Waals surface area contributed by atoms with Crippen LogP contribution in [-0.4, -0.2) is 67.2 Å². The third-order valence-corrected chi connectivity index (χ3v) is 7.59. The highest BCUT2D eigenvalue weighted by Gasteiger charge is 2.21. The number of aromatic nitrogens is 5. The molecule has 0 aliphatic heterocycles. The molecule has 5 rings (SSSR count). The van der Waals surface area contributed by atoms with Gasteiger partial charge in [-0.3, -0.25) is 8.65 Å². The highest BCUT2D eigenvalue weighted by Crippen LogP contribution is 2.40. The molecule has 1 unspecified atom stereocenters. The SMILES string of the molecule is COc1ccc2c(c1)c(-c1cc3c4c(cnc3n1SI)cnn4C)cn2CC(O)CN(C)C. The Hall–Kier alpha value is -2.28. The molecular weight excluding hydrogens is 551 g/mol. The number of hydrogen-bond acceptors (Lipinski definition) is 6. The Labute approximate surface area is 207 Å². The summed E-state index contributed by atoms with van der Waals surface area (Å²) in [6.07, 6.45) is 5.37. The van der Waals surface area contributed by atoms with E-state index < -0.39 is 6.10 Å². The number of aliphatic hydroxyl groups is 1. The van der Waals surface area contributed by atoms with Gasteiger partial charge in [-0.05, 0) is 38.4 Å². The summed E-state index contributed by atoms with van der Waals surface area (Å²) in [5.74, 6) is 0.798. The topological polar surface area (TPSA) is 73.3 Å². The monoisotopic (exact) mass is 576 g/mol. The number of likely N-dealkylation sites (N-methyl/N-ethyl adjacent to an activating group) is 1. The molecule has 0 aliphatic rings. The fraction of sp³-hybridized carbons (Fsp3) is 0.304. The molecule has 8 nitrogen and oxygen atoms in total. The van der Waals surface area contributed by atoms with Crippen molar-refractivity contribution in [1.29, 1.82) is 0 Å². The molecule has 1 atom stereocenters. The van der Waals surface area contributed by atoms with E-state index in [9.17, 15) is 5.11 Å². The summed E-state index contributed by atoms with van der Waals surface area (Å²) in [7, 11) is 9.16. The predicted molar refractivity (Wildman–Crippen MR) is 143 cm³/mol. The summed E-state index contributed by atoms with van der Waals surface area (Å²) < 4.78 is 11.7. The standard InChI is InChI=1S/C23H25IN6O2S/c1-27(2)11-15(31)12-29-13-19(17-7-16(32-4)5-6-20(17)29)21-8-18-22-14(10-26-28(22)3)9-25-23(18)30(21)33-24/h5-10,13,15,31H,11-12H2,1-4H3. The highest BCUT2D eigenvalue weighted by molar-refractivity contribution is 14.2. The van der Waals surface area contributed by atoms with Gasteiger partial charge in [-0.2, -0.15) is 5.10 Å². The molecule has 4 heterocycles. The summed E-state index contributed by atoms with van der Waals surface area (Å²) in [6.45, 7) is 1.10. The summed E-state index contributed by atoms with van der Waals surface area (Å²) in [5.41, 5.74) is 5.13.